The van der Waals surface area contributed by atoms with Crippen molar-refractivity contribution in [1.82, 2.24) is 0 Å². The lowest BCUT2D eigenvalue weighted by molar-refractivity contribution is -0.119. The first-order valence-corrected chi connectivity index (χ1v) is 6.69. The Hall–Kier alpha value is -1.03. The lowest BCUT2D eigenvalue weighted by Gasteiger charge is -2.27. The molecule has 0 atom stereocenters. The molecule has 1 aromatic rings. The molecule has 1 aromatic carbocycles. The minimum Gasteiger partial charge on any atom is -0.397 e. The van der Waals surface area contributed by atoms with Gasteiger partial charge in [-0.05, 0) is 37.0 Å². The zero-order valence-electron chi connectivity index (χ0n) is 9.95. The molecule has 0 aliphatic heterocycles. The van der Waals surface area contributed by atoms with E-state index in [4.69, 9.17) is 5.73 Å². The van der Waals surface area contributed by atoms with Gasteiger partial charge in [0.05, 0.1) is 11.4 Å². The van der Waals surface area contributed by atoms with Gasteiger partial charge in [0.2, 0.25) is 5.91 Å². The van der Waals surface area contributed by atoms with Crippen molar-refractivity contribution < 1.29 is 4.79 Å². The quantitative estimate of drug-likeness (QED) is 0.871. The SMILES string of the molecule is CN(C(=O)CC1CCC1)c1ccc(Br)cc1N. The third kappa shape index (κ3) is 2.80. The van der Waals surface area contributed by atoms with E-state index < -0.39 is 0 Å². The van der Waals surface area contributed by atoms with E-state index in [1.54, 1.807) is 11.9 Å². The number of carbonyl (C=O) groups is 1. The average molecular weight is 297 g/mol. The molecule has 0 radical (unpaired) electrons. The molecule has 0 unspecified atom stereocenters. The van der Waals surface area contributed by atoms with E-state index >= 15 is 0 Å². The topological polar surface area (TPSA) is 46.3 Å². The maximum Gasteiger partial charge on any atom is 0.227 e. The van der Waals surface area contributed by atoms with Crippen LogP contribution in [0.4, 0.5) is 11.4 Å². The molecule has 3 nitrogen and oxygen atoms in total. The molecule has 4 heteroatoms. The Kier molecular flexibility index (Phi) is 3.72. The van der Waals surface area contributed by atoms with Crippen molar-refractivity contribution in [2.24, 2.45) is 5.92 Å². The zero-order valence-corrected chi connectivity index (χ0v) is 11.5. The summed E-state index contributed by atoms with van der Waals surface area (Å²) in [7, 11) is 1.79. The van der Waals surface area contributed by atoms with Crippen molar-refractivity contribution in [3.05, 3.63) is 22.7 Å². The van der Waals surface area contributed by atoms with Crippen molar-refractivity contribution >= 4 is 33.2 Å². The molecule has 0 aromatic heterocycles. The van der Waals surface area contributed by atoms with Gasteiger partial charge in [-0.25, -0.2) is 0 Å². The molecule has 17 heavy (non-hydrogen) atoms. The molecule has 1 aliphatic rings. The van der Waals surface area contributed by atoms with Gasteiger partial charge < -0.3 is 10.6 Å². The Labute approximate surface area is 110 Å². The van der Waals surface area contributed by atoms with Gasteiger partial charge in [0, 0.05) is 17.9 Å². The van der Waals surface area contributed by atoms with E-state index in [0.717, 1.165) is 10.2 Å². The van der Waals surface area contributed by atoms with Crippen LogP contribution in [0.3, 0.4) is 0 Å². The Bertz CT molecular complexity index is 429. The summed E-state index contributed by atoms with van der Waals surface area (Å²) < 4.78 is 0.929. The first kappa shape index (κ1) is 12.4. The number of amides is 1. The van der Waals surface area contributed by atoms with Crippen LogP contribution in [0.5, 0.6) is 0 Å². The zero-order chi connectivity index (χ0) is 12.4. The molecular formula is C13H17BrN2O. The molecular weight excluding hydrogens is 280 g/mol. The number of benzene rings is 1. The van der Waals surface area contributed by atoms with Crippen molar-refractivity contribution in [1.29, 1.82) is 0 Å². The van der Waals surface area contributed by atoms with E-state index in [9.17, 15) is 4.79 Å². The van der Waals surface area contributed by atoms with Crippen LogP contribution < -0.4 is 10.6 Å². The minimum atomic E-state index is 0.156. The lowest BCUT2D eigenvalue weighted by atomic mass is 9.82. The highest BCUT2D eigenvalue weighted by atomic mass is 79.9. The predicted octanol–water partition coefficient (Wildman–Crippen LogP) is 3.18. The number of hydrogen-bond acceptors (Lipinski definition) is 2. The number of nitrogen functional groups attached to an aromatic ring is 1. The van der Waals surface area contributed by atoms with Crippen LogP contribution in [0.25, 0.3) is 0 Å². The first-order chi connectivity index (χ1) is 8.08. The number of nitrogens with two attached hydrogens (primary N) is 1. The van der Waals surface area contributed by atoms with E-state index in [2.05, 4.69) is 15.9 Å². The van der Waals surface area contributed by atoms with Gasteiger partial charge in [-0.1, -0.05) is 22.4 Å². The number of carbonyl (C=O) groups excluding carboxylic acids is 1. The summed E-state index contributed by atoms with van der Waals surface area (Å²) in [6.07, 6.45) is 4.29. The standard InChI is InChI=1S/C13H17BrN2O/c1-16(13(17)7-9-3-2-4-9)12-6-5-10(14)8-11(12)15/h5-6,8-9H,2-4,7,15H2,1H3. The van der Waals surface area contributed by atoms with E-state index in [-0.39, 0.29) is 5.91 Å². The van der Waals surface area contributed by atoms with E-state index in [1.807, 2.05) is 18.2 Å². The highest BCUT2D eigenvalue weighted by Gasteiger charge is 2.23. The minimum absolute atomic E-state index is 0.156. The van der Waals surface area contributed by atoms with Gasteiger partial charge in [-0.2, -0.15) is 0 Å². The van der Waals surface area contributed by atoms with Crippen molar-refractivity contribution in [2.75, 3.05) is 17.7 Å². The lowest BCUT2D eigenvalue weighted by Crippen LogP contribution is -2.30. The molecule has 92 valence electrons. The van der Waals surface area contributed by atoms with Gasteiger partial charge in [0.25, 0.3) is 0 Å². The summed E-state index contributed by atoms with van der Waals surface area (Å²) in [6, 6.07) is 5.60. The normalized spacial score (nSPS) is 15.4. The number of anilines is 2. The maximum atomic E-state index is 12.0. The van der Waals surface area contributed by atoms with Crippen LogP contribution in [0.2, 0.25) is 0 Å². The van der Waals surface area contributed by atoms with Crippen LogP contribution >= 0.6 is 15.9 Å². The summed E-state index contributed by atoms with van der Waals surface area (Å²) in [5.74, 6) is 0.741. The fraction of sp³-hybridized carbons (Fsp3) is 0.462. The highest BCUT2D eigenvalue weighted by molar-refractivity contribution is 9.10. The van der Waals surface area contributed by atoms with Gasteiger partial charge in [0.1, 0.15) is 0 Å². The fourth-order valence-electron chi connectivity index (χ4n) is 2.05. The molecule has 1 amide bonds. The van der Waals surface area contributed by atoms with Crippen LogP contribution in [-0.2, 0) is 4.79 Å². The van der Waals surface area contributed by atoms with E-state index in [1.165, 1.54) is 19.3 Å². The van der Waals surface area contributed by atoms with Crippen LogP contribution in [-0.4, -0.2) is 13.0 Å². The second-order valence-electron chi connectivity index (χ2n) is 4.66. The molecule has 1 saturated carbocycles. The molecule has 0 saturated heterocycles. The smallest absolute Gasteiger partial charge is 0.227 e. The summed E-state index contributed by atoms with van der Waals surface area (Å²) in [6.45, 7) is 0. The Balaban J connectivity index is 2.06. The Morgan fingerprint density at radius 3 is 2.76 bits per heavy atom. The molecule has 1 aliphatic carbocycles. The summed E-state index contributed by atoms with van der Waals surface area (Å²) in [5, 5.41) is 0. The number of rotatable bonds is 3. The van der Waals surface area contributed by atoms with E-state index in [0.29, 0.717) is 18.0 Å². The van der Waals surface area contributed by atoms with Crippen LogP contribution in [0.15, 0.2) is 22.7 Å². The largest absolute Gasteiger partial charge is 0.397 e. The Morgan fingerprint density at radius 1 is 1.53 bits per heavy atom. The molecule has 2 N–H and O–H groups in total. The average Bonchev–Trinajstić information content (AvgIpc) is 2.22. The third-order valence-corrected chi connectivity index (χ3v) is 3.91. The monoisotopic (exact) mass is 296 g/mol. The number of nitrogens with zero attached hydrogens (tertiary/aromatic N) is 1. The van der Waals surface area contributed by atoms with Crippen LogP contribution in [0.1, 0.15) is 25.7 Å². The summed E-state index contributed by atoms with van der Waals surface area (Å²) in [5.41, 5.74) is 7.33. The van der Waals surface area contributed by atoms with Crippen molar-refractivity contribution in [3.63, 3.8) is 0 Å². The van der Waals surface area contributed by atoms with Gasteiger partial charge in [0.15, 0.2) is 0 Å². The van der Waals surface area contributed by atoms with Crippen molar-refractivity contribution in [2.45, 2.75) is 25.7 Å². The second kappa shape index (κ2) is 5.08. The highest BCUT2D eigenvalue weighted by Crippen LogP contribution is 2.32. The van der Waals surface area contributed by atoms with Gasteiger partial charge in [-0.15, -0.1) is 0 Å². The Morgan fingerprint density at radius 2 is 2.24 bits per heavy atom. The first-order valence-electron chi connectivity index (χ1n) is 5.89. The van der Waals surface area contributed by atoms with Gasteiger partial charge >= 0.3 is 0 Å². The summed E-state index contributed by atoms with van der Waals surface area (Å²) in [4.78, 5) is 13.7. The molecule has 0 heterocycles. The molecule has 2 rings (SSSR count). The predicted molar refractivity (Wildman–Crippen MR) is 73.9 cm³/mol. The maximum absolute atomic E-state index is 12.0. The second-order valence-corrected chi connectivity index (χ2v) is 5.57. The van der Waals surface area contributed by atoms with Crippen molar-refractivity contribution in [3.8, 4) is 0 Å². The molecule has 1 fully saturated rings. The molecule has 0 spiro atoms. The van der Waals surface area contributed by atoms with Crippen LogP contribution in [0, 0.1) is 5.92 Å². The molecule has 0 bridgehead atoms. The number of halogens is 1. The summed E-state index contributed by atoms with van der Waals surface area (Å²) >= 11 is 3.36. The fourth-order valence-corrected chi connectivity index (χ4v) is 2.42. The number of hydrogen-bond donors (Lipinski definition) is 1. The third-order valence-electron chi connectivity index (χ3n) is 3.41. The van der Waals surface area contributed by atoms with Gasteiger partial charge in [-0.3, -0.25) is 4.79 Å².